The number of rotatable bonds is 0. The average Bonchev–Trinajstić information content (AvgIpc) is 2.69. The second kappa shape index (κ2) is 4.17. The van der Waals surface area contributed by atoms with E-state index in [1.807, 2.05) is 4.90 Å². The minimum absolute atomic E-state index is 0.126. The highest BCUT2D eigenvalue weighted by Gasteiger charge is 2.27. The summed E-state index contributed by atoms with van der Waals surface area (Å²) < 4.78 is 0. The van der Waals surface area contributed by atoms with E-state index < -0.39 is 0 Å². The van der Waals surface area contributed by atoms with Gasteiger partial charge in [-0.2, -0.15) is 0 Å². The Morgan fingerprint density at radius 2 is 1.71 bits per heavy atom. The number of hydrogen-bond acceptors (Lipinski definition) is 2. The van der Waals surface area contributed by atoms with Crippen LogP contribution >= 0.6 is 0 Å². The molecule has 0 bridgehead atoms. The number of piperidine rings is 1. The minimum Gasteiger partial charge on any atom is -0.391 e. The molecule has 2 aliphatic rings. The summed E-state index contributed by atoms with van der Waals surface area (Å²) in [7, 11) is 0. The maximum atomic E-state index is 11.9. The van der Waals surface area contributed by atoms with Gasteiger partial charge in [0.05, 0.1) is 6.10 Å². The van der Waals surface area contributed by atoms with Crippen LogP contribution in [0, 0.1) is 0 Å². The minimum atomic E-state index is -0.310. The molecule has 2 aliphatic heterocycles. The average molecular weight is 198 g/mol. The zero-order valence-electron chi connectivity index (χ0n) is 8.48. The summed E-state index contributed by atoms with van der Waals surface area (Å²) in [6.45, 7) is 3.12. The first-order valence-electron chi connectivity index (χ1n) is 5.49. The molecule has 2 fully saturated rings. The first kappa shape index (κ1) is 9.77. The predicted molar refractivity (Wildman–Crippen MR) is 53.0 cm³/mol. The molecule has 0 unspecified atom stereocenters. The summed E-state index contributed by atoms with van der Waals surface area (Å²) in [6, 6.07) is 0.126. The molecule has 0 aromatic rings. The van der Waals surface area contributed by atoms with Crippen LogP contribution in [-0.2, 0) is 0 Å². The van der Waals surface area contributed by atoms with Gasteiger partial charge in [-0.1, -0.05) is 0 Å². The third-order valence-corrected chi connectivity index (χ3v) is 3.04. The number of aliphatic hydroxyl groups is 1. The molecule has 1 N–H and O–H groups in total. The van der Waals surface area contributed by atoms with Crippen LogP contribution in [0.5, 0.6) is 0 Å². The van der Waals surface area contributed by atoms with Crippen LogP contribution in [0.25, 0.3) is 0 Å². The van der Waals surface area contributed by atoms with Crippen molar-refractivity contribution in [2.75, 3.05) is 26.2 Å². The van der Waals surface area contributed by atoms with E-state index in [1.165, 1.54) is 0 Å². The van der Waals surface area contributed by atoms with Gasteiger partial charge in [0, 0.05) is 26.2 Å². The summed E-state index contributed by atoms with van der Waals surface area (Å²) in [5, 5.41) is 9.46. The van der Waals surface area contributed by atoms with Crippen LogP contribution in [0.1, 0.15) is 25.7 Å². The van der Waals surface area contributed by atoms with E-state index in [1.54, 1.807) is 4.90 Å². The lowest BCUT2D eigenvalue weighted by atomic mass is 10.1. The van der Waals surface area contributed by atoms with E-state index in [0.717, 1.165) is 45.3 Å². The van der Waals surface area contributed by atoms with Gasteiger partial charge in [0.1, 0.15) is 0 Å². The fraction of sp³-hybridized carbons (Fsp3) is 0.900. The summed E-state index contributed by atoms with van der Waals surface area (Å²) in [5.74, 6) is 0. The molecule has 80 valence electrons. The highest BCUT2D eigenvalue weighted by molar-refractivity contribution is 5.74. The Morgan fingerprint density at radius 1 is 1.07 bits per heavy atom. The van der Waals surface area contributed by atoms with Crippen molar-refractivity contribution < 1.29 is 9.90 Å². The Morgan fingerprint density at radius 3 is 2.36 bits per heavy atom. The number of amides is 2. The molecule has 4 heteroatoms. The molecule has 2 rings (SSSR count). The highest BCUT2D eigenvalue weighted by atomic mass is 16.3. The van der Waals surface area contributed by atoms with Gasteiger partial charge in [-0.25, -0.2) is 4.79 Å². The third-order valence-electron chi connectivity index (χ3n) is 3.04. The lowest BCUT2D eigenvalue weighted by Crippen LogP contribution is -2.48. The van der Waals surface area contributed by atoms with Crippen LogP contribution in [0.15, 0.2) is 0 Å². The highest BCUT2D eigenvalue weighted by Crippen LogP contribution is 2.15. The van der Waals surface area contributed by atoms with Crippen molar-refractivity contribution in [1.82, 2.24) is 9.80 Å². The molecular formula is C10H18N2O2. The van der Waals surface area contributed by atoms with Gasteiger partial charge < -0.3 is 14.9 Å². The van der Waals surface area contributed by atoms with Crippen molar-refractivity contribution in [3.05, 3.63) is 0 Å². The maximum Gasteiger partial charge on any atom is 0.320 e. The Balaban J connectivity index is 1.89. The van der Waals surface area contributed by atoms with Crippen molar-refractivity contribution in [3.63, 3.8) is 0 Å². The number of aliphatic hydroxyl groups excluding tert-OH is 1. The second-order valence-electron chi connectivity index (χ2n) is 4.22. The topological polar surface area (TPSA) is 43.8 Å². The van der Waals surface area contributed by atoms with Gasteiger partial charge in [-0.05, 0) is 25.7 Å². The van der Waals surface area contributed by atoms with Gasteiger partial charge in [0.25, 0.3) is 0 Å². The molecule has 2 heterocycles. The fourth-order valence-corrected chi connectivity index (χ4v) is 2.24. The fourth-order valence-electron chi connectivity index (χ4n) is 2.24. The molecule has 1 atom stereocenters. The van der Waals surface area contributed by atoms with Gasteiger partial charge >= 0.3 is 6.03 Å². The summed E-state index contributed by atoms with van der Waals surface area (Å²) in [6.07, 6.45) is 3.71. The van der Waals surface area contributed by atoms with Gasteiger partial charge in [-0.15, -0.1) is 0 Å². The summed E-state index contributed by atoms with van der Waals surface area (Å²) in [4.78, 5) is 15.6. The van der Waals surface area contributed by atoms with Crippen LogP contribution in [-0.4, -0.2) is 53.2 Å². The molecule has 0 aliphatic carbocycles. The Bertz CT molecular complexity index is 214. The molecule has 0 aromatic heterocycles. The zero-order valence-corrected chi connectivity index (χ0v) is 8.48. The molecule has 0 spiro atoms. The Hall–Kier alpha value is -0.770. The van der Waals surface area contributed by atoms with Gasteiger partial charge in [-0.3, -0.25) is 0 Å². The lowest BCUT2D eigenvalue weighted by molar-refractivity contribution is 0.0736. The molecule has 4 nitrogen and oxygen atoms in total. The number of likely N-dealkylation sites (tertiary alicyclic amines) is 2. The largest absolute Gasteiger partial charge is 0.391 e. The van der Waals surface area contributed by atoms with Crippen LogP contribution in [0.2, 0.25) is 0 Å². The quantitative estimate of drug-likeness (QED) is 0.621. The molecule has 0 aromatic carbocycles. The van der Waals surface area contributed by atoms with Crippen molar-refractivity contribution in [3.8, 4) is 0 Å². The maximum absolute atomic E-state index is 11.9. The smallest absolute Gasteiger partial charge is 0.320 e. The Labute approximate surface area is 84.5 Å². The first-order chi connectivity index (χ1) is 6.77. The number of carbonyl (C=O) groups excluding carboxylic acids is 1. The van der Waals surface area contributed by atoms with E-state index in [4.69, 9.17) is 0 Å². The number of urea groups is 1. The summed E-state index contributed by atoms with van der Waals surface area (Å²) >= 11 is 0. The SMILES string of the molecule is O=C(N1CCCC1)N1CCC[C@H](O)C1. The van der Waals surface area contributed by atoms with Crippen molar-refractivity contribution in [2.24, 2.45) is 0 Å². The first-order valence-corrected chi connectivity index (χ1v) is 5.49. The molecule has 0 saturated carbocycles. The van der Waals surface area contributed by atoms with Crippen molar-refractivity contribution >= 4 is 6.03 Å². The standard InChI is InChI=1S/C10H18N2O2/c13-9-4-3-7-12(8-9)10(14)11-5-1-2-6-11/h9,13H,1-8H2/t9-/m0/s1. The van der Waals surface area contributed by atoms with Crippen molar-refractivity contribution in [1.29, 1.82) is 0 Å². The third kappa shape index (κ3) is 2.00. The second-order valence-corrected chi connectivity index (χ2v) is 4.22. The van der Waals surface area contributed by atoms with Gasteiger partial charge in [0.2, 0.25) is 0 Å². The normalized spacial score (nSPS) is 28.2. The van der Waals surface area contributed by atoms with E-state index in [-0.39, 0.29) is 12.1 Å². The van der Waals surface area contributed by atoms with Crippen LogP contribution in [0.3, 0.4) is 0 Å². The van der Waals surface area contributed by atoms with E-state index >= 15 is 0 Å². The lowest BCUT2D eigenvalue weighted by Gasteiger charge is -2.33. The molecular weight excluding hydrogens is 180 g/mol. The predicted octanol–water partition coefficient (Wildman–Crippen LogP) is 0.659. The zero-order chi connectivity index (χ0) is 9.97. The Kier molecular flexibility index (Phi) is 2.91. The summed E-state index contributed by atoms with van der Waals surface area (Å²) in [5.41, 5.74) is 0. The van der Waals surface area contributed by atoms with Crippen LogP contribution < -0.4 is 0 Å². The molecule has 0 radical (unpaired) electrons. The molecule has 2 saturated heterocycles. The molecule has 14 heavy (non-hydrogen) atoms. The number of carbonyl (C=O) groups is 1. The van der Waals surface area contributed by atoms with E-state index in [9.17, 15) is 9.90 Å². The molecule has 2 amide bonds. The van der Waals surface area contributed by atoms with E-state index in [0.29, 0.717) is 6.54 Å². The van der Waals surface area contributed by atoms with Gasteiger partial charge in [0.15, 0.2) is 0 Å². The van der Waals surface area contributed by atoms with Crippen LogP contribution in [0.4, 0.5) is 4.79 Å². The monoisotopic (exact) mass is 198 g/mol. The number of β-amino-alcohol motifs (C(OH)–C–C–N with tert-alkyl or cyclic N) is 1. The number of nitrogens with zero attached hydrogens (tertiary/aromatic N) is 2. The number of hydrogen-bond donors (Lipinski definition) is 1. The van der Waals surface area contributed by atoms with E-state index in [2.05, 4.69) is 0 Å². The van der Waals surface area contributed by atoms with Crippen molar-refractivity contribution in [2.45, 2.75) is 31.8 Å².